The van der Waals surface area contributed by atoms with Gasteiger partial charge in [0.2, 0.25) is 0 Å². The number of para-hydroxylation sites is 3. The van der Waals surface area contributed by atoms with Gasteiger partial charge in [0.15, 0.2) is 0 Å². The molecule has 2 heteroatoms. The van der Waals surface area contributed by atoms with Gasteiger partial charge in [0.25, 0.3) is 0 Å². The molecule has 0 saturated heterocycles. The third kappa shape index (κ3) is 5.24. The zero-order valence-electron chi connectivity index (χ0n) is 33.2. The second-order valence-corrected chi connectivity index (χ2v) is 16.8. The predicted octanol–water partition coefficient (Wildman–Crippen LogP) is 14.8. The lowest BCUT2D eigenvalue weighted by molar-refractivity contribution is 0.508. The van der Waals surface area contributed by atoms with Crippen LogP contribution in [-0.4, -0.2) is 0 Å². The van der Waals surface area contributed by atoms with Crippen LogP contribution in [0.1, 0.15) is 60.1 Å². The minimum absolute atomic E-state index is 0.143. The first-order chi connectivity index (χ1) is 28.5. The Morgan fingerprint density at radius 3 is 1.43 bits per heavy atom. The van der Waals surface area contributed by atoms with Gasteiger partial charge in [-0.15, -0.1) is 0 Å². The molecular weight excluding hydrogens is 701 g/mol. The summed E-state index contributed by atoms with van der Waals surface area (Å²) < 4.78 is 0. The predicted molar refractivity (Wildman–Crippen MR) is 243 cm³/mol. The van der Waals surface area contributed by atoms with Crippen molar-refractivity contribution < 1.29 is 0 Å². The van der Waals surface area contributed by atoms with Gasteiger partial charge in [-0.25, -0.2) is 0 Å². The molecule has 0 unspecified atom stereocenters. The molecule has 0 aliphatic heterocycles. The number of nitrogens with zero attached hydrogens (tertiary/aromatic N) is 2. The van der Waals surface area contributed by atoms with E-state index in [0.717, 1.165) is 25.7 Å². The van der Waals surface area contributed by atoms with Crippen molar-refractivity contribution in [3.05, 3.63) is 228 Å². The van der Waals surface area contributed by atoms with Crippen LogP contribution in [0, 0.1) is 0 Å². The van der Waals surface area contributed by atoms with Crippen molar-refractivity contribution in [1.29, 1.82) is 0 Å². The van der Waals surface area contributed by atoms with E-state index in [1.165, 1.54) is 89.8 Å². The van der Waals surface area contributed by atoms with Crippen LogP contribution in [0.3, 0.4) is 0 Å². The summed E-state index contributed by atoms with van der Waals surface area (Å²) in [4.78, 5) is 5.11. The number of hydrogen-bond donors (Lipinski definition) is 0. The number of rotatable bonds is 7. The summed E-state index contributed by atoms with van der Waals surface area (Å²) in [6.45, 7) is 4.79. The van der Waals surface area contributed by atoms with E-state index in [-0.39, 0.29) is 10.8 Å². The van der Waals surface area contributed by atoms with Crippen molar-refractivity contribution in [3.8, 4) is 22.3 Å². The Bertz CT molecular complexity index is 2760. The Labute approximate surface area is 342 Å². The van der Waals surface area contributed by atoms with E-state index < -0.39 is 0 Å². The minimum atomic E-state index is -0.161. The summed E-state index contributed by atoms with van der Waals surface area (Å²) in [7, 11) is 0. The fourth-order valence-electron chi connectivity index (χ4n) is 10.9. The standard InChI is InChI=1S/C56H46N2/c1-55(2)48-30-16-15-29-45(48)47-37-46(39-19-7-3-8-20-39)52(38-49(47)55)58(44-27-13-6-14-28-44)51-32-18-22-41-34-36-56(54(41)51)35-33-40-21-17-31-50(53(40)56)57(42-23-9-4-10-24-42)43-25-11-5-12-26-43/h3-32,37-38H,33-36H2,1-2H3/t56-/m1/s1. The summed E-state index contributed by atoms with van der Waals surface area (Å²) in [5.74, 6) is 0. The molecule has 0 aromatic heterocycles. The van der Waals surface area contributed by atoms with Crippen molar-refractivity contribution >= 4 is 34.1 Å². The van der Waals surface area contributed by atoms with Crippen molar-refractivity contribution in [2.24, 2.45) is 0 Å². The fraction of sp³-hybridized carbons (Fsp3) is 0.143. The van der Waals surface area contributed by atoms with Crippen molar-refractivity contribution in [2.45, 2.75) is 50.4 Å². The molecular formula is C56H46N2. The molecule has 3 aliphatic carbocycles. The zero-order chi connectivity index (χ0) is 38.8. The topological polar surface area (TPSA) is 6.48 Å². The smallest absolute Gasteiger partial charge is 0.0543 e. The molecule has 0 radical (unpaired) electrons. The van der Waals surface area contributed by atoms with Crippen LogP contribution in [-0.2, 0) is 23.7 Å². The van der Waals surface area contributed by atoms with Gasteiger partial charge in [0, 0.05) is 33.5 Å². The van der Waals surface area contributed by atoms with Crippen LogP contribution < -0.4 is 9.80 Å². The normalized spacial score (nSPS) is 16.7. The van der Waals surface area contributed by atoms with E-state index in [4.69, 9.17) is 0 Å². The van der Waals surface area contributed by atoms with Crippen molar-refractivity contribution in [1.82, 2.24) is 0 Å². The number of anilines is 6. The number of hydrogen-bond acceptors (Lipinski definition) is 2. The monoisotopic (exact) mass is 746 g/mol. The van der Waals surface area contributed by atoms with Crippen molar-refractivity contribution in [3.63, 3.8) is 0 Å². The van der Waals surface area contributed by atoms with E-state index in [1.54, 1.807) is 0 Å². The molecule has 0 heterocycles. The van der Waals surface area contributed by atoms with Gasteiger partial charge in [-0.3, -0.25) is 0 Å². The summed E-state index contributed by atoms with van der Waals surface area (Å²) >= 11 is 0. The third-order valence-electron chi connectivity index (χ3n) is 13.4. The Morgan fingerprint density at radius 2 is 0.862 bits per heavy atom. The average molecular weight is 747 g/mol. The molecule has 3 aliphatic rings. The van der Waals surface area contributed by atoms with Gasteiger partial charge in [-0.05, 0) is 136 Å². The summed E-state index contributed by atoms with van der Waals surface area (Å²) in [6.07, 6.45) is 4.28. The highest BCUT2D eigenvalue weighted by Crippen LogP contribution is 2.61. The molecule has 8 aromatic carbocycles. The van der Waals surface area contributed by atoms with Gasteiger partial charge in [0.05, 0.1) is 17.1 Å². The number of aryl methyl sites for hydroxylation is 2. The number of fused-ring (bicyclic) bond motifs is 7. The highest BCUT2D eigenvalue weighted by Gasteiger charge is 2.49. The maximum absolute atomic E-state index is 2.61. The Hall–Kier alpha value is -6.64. The van der Waals surface area contributed by atoms with Crippen molar-refractivity contribution in [2.75, 3.05) is 9.80 Å². The van der Waals surface area contributed by atoms with Gasteiger partial charge in [-0.1, -0.05) is 147 Å². The third-order valence-corrected chi connectivity index (χ3v) is 13.4. The van der Waals surface area contributed by atoms with Crippen LogP contribution >= 0.6 is 0 Å². The van der Waals surface area contributed by atoms with Crippen LogP contribution in [0.2, 0.25) is 0 Å². The van der Waals surface area contributed by atoms with E-state index in [9.17, 15) is 0 Å². The quantitative estimate of drug-likeness (QED) is 0.160. The number of benzene rings is 8. The fourth-order valence-corrected chi connectivity index (χ4v) is 10.9. The minimum Gasteiger partial charge on any atom is -0.310 e. The molecule has 0 bridgehead atoms. The molecule has 0 saturated carbocycles. The first kappa shape index (κ1) is 34.6. The van der Waals surface area contributed by atoms with E-state index in [2.05, 4.69) is 218 Å². The molecule has 11 rings (SSSR count). The summed E-state index contributed by atoms with van der Waals surface area (Å²) in [6, 6.07) is 72.2. The Balaban J connectivity index is 1.18. The first-order valence-electron chi connectivity index (χ1n) is 20.9. The highest BCUT2D eigenvalue weighted by molar-refractivity contribution is 5.96. The van der Waals surface area contributed by atoms with Gasteiger partial charge >= 0.3 is 0 Å². The molecule has 1 spiro atoms. The summed E-state index contributed by atoms with van der Waals surface area (Å²) in [5.41, 5.74) is 20.8. The van der Waals surface area contributed by atoms with Crippen LogP contribution in [0.25, 0.3) is 22.3 Å². The molecule has 58 heavy (non-hydrogen) atoms. The Kier molecular flexibility index (Phi) is 8.05. The molecule has 0 fully saturated rings. The van der Waals surface area contributed by atoms with E-state index in [0.29, 0.717) is 0 Å². The largest absolute Gasteiger partial charge is 0.310 e. The van der Waals surface area contributed by atoms with Gasteiger partial charge in [0.1, 0.15) is 0 Å². The van der Waals surface area contributed by atoms with E-state index >= 15 is 0 Å². The van der Waals surface area contributed by atoms with E-state index in [1.807, 2.05) is 0 Å². The molecule has 1 atom stereocenters. The van der Waals surface area contributed by atoms with Crippen LogP contribution in [0.4, 0.5) is 34.1 Å². The maximum Gasteiger partial charge on any atom is 0.0543 e. The molecule has 280 valence electrons. The van der Waals surface area contributed by atoms with Crippen LogP contribution in [0.5, 0.6) is 0 Å². The second-order valence-electron chi connectivity index (χ2n) is 16.8. The second kappa shape index (κ2) is 13.5. The zero-order valence-corrected chi connectivity index (χ0v) is 33.2. The lowest BCUT2D eigenvalue weighted by atomic mass is 9.74. The molecule has 2 nitrogen and oxygen atoms in total. The Morgan fingerprint density at radius 1 is 0.379 bits per heavy atom. The molecule has 0 amide bonds. The first-order valence-corrected chi connectivity index (χ1v) is 20.9. The average Bonchev–Trinajstić information content (AvgIpc) is 3.92. The SMILES string of the molecule is CC1(C)c2ccccc2-c2cc(-c3ccccc3)c(N(c3ccccc3)c3cccc4c3[C@]3(CCc5cccc(N(c6ccccc6)c6ccccc6)c53)CC4)cc21. The lowest BCUT2D eigenvalue weighted by Crippen LogP contribution is -2.27. The molecule has 8 aromatic rings. The maximum atomic E-state index is 2.61. The summed E-state index contributed by atoms with van der Waals surface area (Å²) in [5, 5.41) is 0. The highest BCUT2D eigenvalue weighted by atomic mass is 15.2. The van der Waals surface area contributed by atoms with Gasteiger partial charge in [-0.2, -0.15) is 0 Å². The van der Waals surface area contributed by atoms with Crippen LogP contribution in [0.15, 0.2) is 194 Å². The lowest BCUT2D eigenvalue weighted by Gasteiger charge is -2.38. The molecule has 0 N–H and O–H groups in total. The van der Waals surface area contributed by atoms with Gasteiger partial charge < -0.3 is 9.80 Å².